The Morgan fingerprint density at radius 2 is 2.00 bits per heavy atom. The van der Waals surface area contributed by atoms with Crippen molar-refractivity contribution >= 4 is 28.6 Å². The molecule has 0 spiro atoms. The number of rotatable bonds is 3. The topological polar surface area (TPSA) is 12.0 Å². The quantitative estimate of drug-likeness (QED) is 0.839. The monoisotopic (exact) mass is 251 g/mol. The molecule has 0 aliphatic carbocycles. The molecule has 1 heterocycles. The van der Waals surface area contributed by atoms with Crippen LogP contribution in [0.3, 0.4) is 0 Å². The summed E-state index contributed by atoms with van der Waals surface area (Å²) in [4.78, 5) is 1.37. The number of thiophene rings is 1. The van der Waals surface area contributed by atoms with E-state index in [1.807, 2.05) is 18.2 Å². The number of benzene rings is 1. The highest BCUT2D eigenvalue weighted by atomic mass is 35.5. The minimum atomic E-state index is 0.774. The van der Waals surface area contributed by atoms with Gasteiger partial charge in [-0.05, 0) is 48.6 Å². The lowest BCUT2D eigenvalue weighted by Crippen LogP contribution is -2.00. The maximum Gasteiger partial charge on any atom is 0.0496 e. The van der Waals surface area contributed by atoms with E-state index in [0.717, 1.165) is 17.3 Å². The summed E-state index contributed by atoms with van der Waals surface area (Å²) in [5.74, 6) is 0. The zero-order valence-electron chi connectivity index (χ0n) is 9.38. The predicted molar refractivity (Wildman–Crippen MR) is 72.6 cm³/mol. The van der Waals surface area contributed by atoms with Gasteiger partial charge in [0.15, 0.2) is 0 Å². The highest BCUT2D eigenvalue weighted by Crippen LogP contribution is 2.22. The Morgan fingerprint density at radius 3 is 2.69 bits per heavy atom. The van der Waals surface area contributed by atoms with Gasteiger partial charge in [0, 0.05) is 22.1 Å². The van der Waals surface area contributed by atoms with E-state index in [1.165, 1.54) is 16.0 Å². The third-order valence-electron chi connectivity index (χ3n) is 2.61. The molecule has 2 rings (SSSR count). The van der Waals surface area contributed by atoms with E-state index in [9.17, 15) is 0 Å². The van der Waals surface area contributed by atoms with E-state index in [1.54, 1.807) is 11.3 Å². The van der Waals surface area contributed by atoms with Crippen LogP contribution in [0.4, 0.5) is 5.69 Å². The summed E-state index contributed by atoms with van der Waals surface area (Å²) < 4.78 is 0. The molecule has 0 radical (unpaired) electrons. The molecule has 1 nitrogen and oxygen atoms in total. The molecule has 0 saturated carbocycles. The minimum absolute atomic E-state index is 0.774. The van der Waals surface area contributed by atoms with E-state index in [2.05, 4.69) is 30.6 Å². The molecule has 0 aliphatic heterocycles. The third kappa shape index (κ3) is 2.57. The van der Waals surface area contributed by atoms with Crippen molar-refractivity contribution in [3.8, 4) is 0 Å². The van der Waals surface area contributed by atoms with Crippen molar-refractivity contribution in [2.45, 2.75) is 20.4 Å². The van der Waals surface area contributed by atoms with Crippen molar-refractivity contribution in [3.63, 3.8) is 0 Å². The summed E-state index contributed by atoms with van der Waals surface area (Å²) in [5, 5.41) is 6.32. The Hall–Kier alpha value is -0.990. The Balaban J connectivity index is 2.10. The maximum atomic E-state index is 5.97. The molecule has 0 unspecified atom stereocenters. The lowest BCUT2D eigenvalue weighted by atomic mass is 10.2. The lowest BCUT2D eigenvalue weighted by Gasteiger charge is -2.09. The smallest absolute Gasteiger partial charge is 0.0496 e. The van der Waals surface area contributed by atoms with E-state index in [4.69, 9.17) is 11.6 Å². The van der Waals surface area contributed by atoms with E-state index >= 15 is 0 Å². The SMILES string of the molecule is Cc1ccc(Cl)cc1NCc1sccc1C. The van der Waals surface area contributed by atoms with Gasteiger partial charge in [-0.3, -0.25) is 0 Å². The summed E-state index contributed by atoms with van der Waals surface area (Å²) in [6.07, 6.45) is 0. The fourth-order valence-electron chi connectivity index (χ4n) is 1.55. The molecular formula is C13H14ClNS. The second kappa shape index (κ2) is 4.89. The first-order valence-corrected chi connectivity index (χ1v) is 6.45. The molecule has 1 aromatic carbocycles. The summed E-state index contributed by atoms with van der Waals surface area (Å²) >= 11 is 7.75. The summed E-state index contributed by atoms with van der Waals surface area (Å²) in [7, 11) is 0. The standard InChI is InChI=1S/C13H14ClNS/c1-9-3-4-11(14)7-12(9)15-8-13-10(2)5-6-16-13/h3-7,15H,8H2,1-2H3. The third-order valence-corrected chi connectivity index (χ3v) is 3.87. The second-order valence-electron chi connectivity index (χ2n) is 3.84. The van der Waals surface area contributed by atoms with Gasteiger partial charge in [-0.15, -0.1) is 11.3 Å². The first-order chi connectivity index (χ1) is 7.66. The Morgan fingerprint density at radius 1 is 1.19 bits per heavy atom. The molecule has 0 atom stereocenters. The van der Waals surface area contributed by atoms with Gasteiger partial charge in [0.2, 0.25) is 0 Å². The van der Waals surface area contributed by atoms with Crippen LogP contribution < -0.4 is 5.32 Å². The Bertz CT molecular complexity index is 490. The van der Waals surface area contributed by atoms with Crippen LogP contribution in [0.2, 0.25) is 5.02 Å². The van der Waals surface area contributed by atoms with Crippen LogP contribution in [-0.4, -0.2) is 0 Å². The summed E-state index contributed by atoms with van der Waals surface area (Å²) in [6.45, 7) is 5.09. The molecule has 0 saturated heterocycles. The number of hydrogen-bond donors (Lipinski definition) is 1. The fourth-order valence-corrected chi connectivity index (χ4v) is 2.56. The Labute approximate surface area is 105 Å². The number of halogens is 1. The first kappa shape index (κ1) is 11.5. The molecule has 3 heteroatoms. The molecule has 84 valence electrons. The predicted octanol–water partition coefficient (Wildman–Crippen LogP) is 4.63. The van der Waals surface area contributed by atoms with Crippen molar-refractivity contribution in [2.75, 3.05) is 5.32 Å². The normalized spacial score (nSPS) is 10.4. The van der Waals surface area contributed by atoms with Crippen LogP contribution in [0.15, 0.2) is 29.6 Å². The van der Waals surface area contributed by atoms with Crippen molar-refractivity contribution in [1.82, 2.24) is 0 Å². The second-order valence-corrected chi connectivity index (χ2v) is 5.28. The minimum Gasteiger partial charge on any atom is -0.380 e. The van der Waals surface area contributed by atoms with Gasteiger partial charge >= 0.3 is 0 Å². The van der Waals surface area contributed by atoms with E-state index in [0.29, 0.717) is 0 Å². The largest absolute Gasteiger partial charge is 0.380 e. The number of hydrogen-bond acceptors (Lipinski definition) is 2. The molecule has 1 aromatic heterocycles. The molecule has 2 aromatic rings. The zero-order valence-corrected chi connectivity index (χ0v) is 11.0. The van der Waals surface area contributed by atoms with Gasteiger partial charge < -0.3 is 5.32 Å². The van der Waals surface area contributed by atoms with Crippen molar-refractivity contribution < 1.29 is 0 Å². The lowest BCUT2D eigenvalue weighted by molar-refractivity contribution is 1.16. The fraction of sp³-hybridized carbons (Fsp3) is 0.231. The van der Waals surface area contributed by atoms with Crippen LogP contribution in [0.25, 0.3) is 0 Å². The van der Waals surface area contributed by atoms with Crippen LogP contribution in [0.1, 0.15) is 16.0 Å². The van der Waals surface area contributed by atoms with Crippen LogP contribution >= 0.6 is 22.9 Å². The highest BCUT2D eigenvalue weighted by Gasteiger charge is 2.02. The molecule has 16 heavy (non-hydrogen) atoms. The zero-order chi connectivity index (χ0) is 11.5. The Kier molecular flexibility index (Phi) is 3.52. The van der Waals surface area contributed by atoms with Gasteiger partial charge in [-0.2, -0.15) is 0 Å². The number of aryl methyl sites for hydroxylation is 2. The number of nitrogens with one attached hydrogen (secondary N) is 1. The first-order valence-electron chi connectivity index (χ1n) is 5.20. The van der Waals surface area contributed by atoms with Crippen molar-refractivity contribution in [2.24, 2.45) is 0 Å². The molecule has 0 fully saturated rings. The van der Waals surface area contributed by atoms with Gasteiger partial charge in [-0.25, -0.2) is 0 Å². The van der Waals surface area contributed by atoms with Gasteiger partial charge in [-0.1, -0.05) is 17.7 Å². The molecule has 0 bridgehead atoms. The van der Waals surface area contributed by atoms with E-state index < -0.39 is 0 Å². The molecule has 0 aliphatic rings. The van der Waals surface area contributed by atoms with Crippen LogP contribution in [0, 0.1) is 13.8 Å². The molecule has 1 N–H and O–H groups in total. The average Bonchev–Trinajstić information content (AvgIpc) is 2.66. The molecule has 0 amide bonds. The summed E-state index contributed by atoms with van der Waals surface area (Å²) in [6, 6.07) is 8.07. The van der Waals surface area contributed by atoms with Crippen molar-refractivity contribution in [1.29, 1.82) is 0 Å². The molecular weight excluding hydrogens is 238 g/mol. The average molecular weight is 252 g/mol. The van der Waals surface area contributed by atoms with Crippen molar-refractivity contribution in [3.05, 3.63) is 50.7 Å². The number of anilines is 1. The van der Waals surface area contributed by atoms with E-state index in [-0.39, 0.29) is 0 Å². The maximum absolute atomic E-state index is 5.97. The summed E-state index contributed by atoms with van der Waals surface area (Å²) in [5.41, 5.74) is 3.68. The van der Waals surface area contributed by atoms with Crippen LogP contribution in [-0.2, 0) is 6.54 Å². The van der Waals surface area contributed by atoms with Gasteiger partial charge in [0.25, 0.3) is 0 Å². The van der Waals surface area contributed by atoms with Gasteiger partial charge in [0.05, 0.1) is 0 Å². The van der Waals surface area contributed by atoms with Crippen LogP contribution in [0.5, 0.6) is 0 Å². The highest BCUT2D eigenvalue weighted by molar-refractivity contribution is 7.10. The van der Waals surface area contributed by atoms with Gasteiger partial charge in [0.1, 0.15) is 0 Å².